The van der Waals surface area contributed by atoms with Crippen molar-refractivity contribution in [3.63, 3.8) is 0 Å². The highest BCUT2D eigenvalue weighted by atomic mass is 16.5. The molecule has 0 bridgehead atoms. The van der Waals surface area contributed by atoms with Crippen LogP contribution in [0.1, 0.15) is 35.7 Å². The SMILES string of the molecule is CCCOc1ccc(C(=O)N2c3ccccc3NC(=O)C2CC(=O)Nc2ccc(C)cc2)cc1. The van der Waals surface area contributed by atoms with Crippen LogP contribution in [0.4, 0.5) is 17.1 Å². The molecule has 1 aliphatic rings. The third-order valence-corrected chi connectivity index (χ3v) is 5.54. The predicted octanol–water partition coefficient (Wildman–Crippen LogP) is 4.78. The monoisotopic (exact) mass is 457 g/mol. The average Bonchev–Trinajstić information content (AvgIpc) is 2.84. The van der Waals surface area contributed by atoms with Gasteiger partial charge in [0.15, 0.2) is 0 Å². The van der Waals surface area contributed by atoms with Crippen LogP contribution in [0, 0.1) is 6.92 Å². The van der Waals surface area contributed by atoms with Gasteiger partial charge in [-0.1, -0.05) is 36.8 Å². The molecule has 0 saturated carbocycles. The summed E-state index contributed by atoms with van der Waals surface area (Å²) in [6.45, 7) is 4.57. The largest absolute Gasteiger partial charge is 0.494 e. The van der Waals surface area contributed by atoms with Crippen molar-refractivity contribution in [2.45, 2.75) is 32.7 Å². The Morgan fingerprint density at radius 1 is 1.00 bits per heavy atom. The van der Waals surface area contributed by atoms with E-state index in [0.29, 0.717) is 35.0 Å². The van der Waals surface area contributed by atoms with E-state index in [1.165, 1.54) is 4.90 Å². The van der Waals surface area contributed by atoms with Crippen molar-refractivity contribution in [1.82, 2.24) is 0 Å². The molecule has 0 saturated heterocycles. The highest BCUT2D eigenvalue weighted by Crippen LogP contribution is 2.34. The molecule has 0 radical (unpaired) electrons. The molecule has 1 atom stereocenters. The van der Waals surface area contributed by atoms with Crippen LogP contribution in [0.25, 0.3) is 0 Å². The number of para-hydroxylation sites is 2. The third-order valence-electron chi connectivity index (χ3n) is 5.54. The first-order chi connectivity index (χ1) is 16.5. The standard InChI is InChI=1S/C27H27N3O4/c1-3-16-34-21-14-10-19(11-15-21)27(33)30-23-7-5-4-6-22(23)29-26(32)24(30)17-25(31)28-20-12-8-18(2)9-13-20/h4-15,24H,3,16-17H2,1-2H3,(H,28,31)(H,29,32). The number of hydrogen-bond acceptors (Lipinski definition) is 4. The van der Waals surface area contributed by atoms with Crippen LogP contribution in [0.3, 0.4) is 0 Å². The van der Waals surface area contributed by atoms with Crippen molar-refractivity contribution in [2.75, 3.05) is 22.1 Å². The molecule has 1 unspecified atom stereocenters. The van der Waals surface area contributed by atoms with Crippen LogP contribution in [0.2, 0.25) is 0 Å². The van der Waals surface area contributed by atoms with Crippen LogP contribution >= 0.6 is 0 Å². The van der Waals surface area contributed by atoms with Crippen molar-refractivity contribution in [3.05, 3.63) is 83.9 Å². The molecule has 7 nitrogen and oxygen atoms in total. The summed E-state index contributed by atoms with van der Waals surface area (Å²) < 4.78 is 5.60. The molecule has 1 aliphatic heterocycles. The lowest BCUT2D eigenvalue weighted by Crippen LogP contribution is -2.52. The summed E-state index contributed by atoms with van der Waals surface area (Å²) in [7, 11) is 0. The number of carbonyl (C=O) groups excluding carboxylic acids is 3. The first kappa shape index (κ1) is 23.0. The number of nitrogens with zero attached hydrogens (tertiary/aromatic N) is 1. The number of benzene rings is 3. The first-order valence-electron chi connectivity index (χ1n) is 11.3. The average molecular weight is 458 g/mol. The molecule has 0 aliphatic carbocycles. The Labute approximate surface area is 198 Å². The molecule has 0 aromatic heterocycles. The topological polar surface area (TPSA) is 87.7 Å². The van der Waals surface area contributed by atoms with Crippen molar-refractivity contribution >= 4 is 34.8 Å². The van der Waals surface area contributed by atoms with Gasteiger partial charge in [0.2, 0.25) is 11.8 Å². The van der Waals surface area contributed by atoms with Crippen LogP contribution in [-0.4, -0.2) is 30.4 Å². The van der Waals surface area contributed by atoms with E-state index in [9.17, 15) is 14.4 Å². The second-order valence-electron chi connectivity index (χ2n) is 8.19. The third kappa shape index (κ3) is 5.09. The van der Waals surface area contributed by atoms with Gasteiger partial charge in [-0.2, -0.15) is 0 Å². The van der Waals surface area contributed by atoms with Gasteiger partial charge in [-0.05, 0) is 61.9 Å². The van der Waals surface area contributed by atoms with E-state index in [1.807, 2.05) is 26.0 Å². The maximum absolute atomic E-state index is 13.6. The molecule has 0 spiro atoms. The van der Waals surface area contributed by atoms with E-state index in [2.05, 4.69) is 10.6 Å². The predicted molar refractivity (Wildman–Crippen MR) is 132 cm³/mol. The number of ether oxygens (including phenoxy) is 1. The lowest BCUT2D eigenvalue weighted by atomic mass is 10.0. The van der Waals surface area contributed by atoms with Crippen molar-refractivity contribution in [3.8, 4) is 5.75 Å². The molecule has 2 N–H and O–H groups in total. The molecular weight excluding hydrogens is 430 g/mol. The van der Waals surface area contributed by atoms with Crippen molar-refractivity contribution < 1.29 is 19.1 Å². The Bertz CT molecular complexity index is 1190. The summed E-state index contributed by atoms with van der Waals surface area (Å²) in [5.74, 6) is -0.458. The number of nitrogens with one attached hydrogen (secondary N) is 2. The number of carbonyl (C=O) groups is 3. The van der Waals surface area contributed by atoms with Gasteiger partial charge in [0.05, 0.1) is 24.4 Å². The Hall–Kier alpha value is -4.13. The second-order valence-corrected chi connectivity index (χ2v) is 8.19. The summed E-state index contributed by atoms with van der Waals surface area (Å²) in [4.78, 5) is 40.8. The van der Waals surface area contributed by atoms with Crippen LogP contribution in [0.15, 0.2) is 72.8 Å². The maximum atomic E-state index is 13.6. The Kier molecular flexibility index (Phi) is 6.92. The quantitative estimate of drug-likeness (QED) is 0.535. The minimum Gasteiger partial charge on any atom is -0.494 e. The van der Waals surface area contributed by atoms with E-state index in [1.54, 1.807) is 60.7 Å². The van der Waals surface area contributed by atoms with Gasteiger partial charge in [0.1, 0.15) is 11.8 Å². The van der Waals surface area contributed by atoms with E-state index >= 15 is 0 Å². The molecular formula is C27H27N3O4. The summed E-state index contributed by atoms with van der Waals surface area (Å²) in [6.07, 6.45) is 0.699. The fourth-order valence-corrected chi connectivity index (χ4v) is 3.80. The smallest absolute Gasteiger partial charge is 0.259 e. The van der Waals surface area contributed by atoms with Crippen LogP contribution in [-0.2, 0) is 9.59 Å². The number of rotatable bonds is 7. The molecule has 0 fully saturated rings. The fraction of sp³-hybridized carbons (Fsp3) is 0.222. The van der Waals surface area contributed by atoms with E-state index in [0.717, 1.165) is 12.0 Å². The summed E-state index contributed by atoms with van der Waals surface area (Å²) >= 11 is 0. The number of aryl methyl sites for hydroxylation is 1. The fourth-order valence-electron chi connectivity index (χ4n) is 3.80. The number of fused-ring (bicyclic) bond motifs is 1. The lowest BCUT2D eigenvalue weighted by molar-refractivity contribution is -0.122. The van der Waals surface area contributed by atoms with Gasteiger partial charge in [0, 0.05) is 11.3 Å². The number of hydrogen-bond donors (Lipinski definition) is 2. The zero-order valence-electron chi connectivity index (χ0n) is 19.2. The van der Waals surface area contributed by atoms with Crippen LogP contribution in [0.5, 0.6) is 5.75 Å². The zero-order chi connectivity index (χ0) is 24.1. The summed E-state index contributed by atoms with van der Waals surface area (Å²) in [6, 6.07) is 20.3. The Morgan fingerprint density at radius 3 is 2.41 bits per heavy atom. The van der Waals surface area contributed by atoms with Gasteiger partial charge in [-0.3, -0.25) is 19.3 Å². The van der Waals surface area contributed by atoms with Crippen LogP contribution < -0.4 is 20.3 Å². The number of anilines is 3. The molecule has 3 amide bonds. The molecule has 7 heteroatoms. The highest BCUT2D eigenvalue weighted by molar-refractivity contribution is 6.17. The van der Waals surface area contributed by atoms with Gasteiger partial charge in [-0.25, -0.2) is 0 Å². The highest BCUT2D eigenvalue weighted by Gasteiger charge is 2.38. The second kappa shape index (κ2) is 10.2. The maximum Gasteiger partial charge on any atom is 0.259 e. The first-order valence-corrected chi connectivity index (χ1v) is 11.3. The molecule has 3 aromatic carbocycles. The van der Waals surface area contributed by atoms with E-state index in [-0.39, 0.29) is 18.2 Å². The molecule has 4 rings (SSSR count). The van der Waals surface area contributed by atoms with Gasteiger partial charge in [-0.15, -0.1) is 0 Å². The van der Waals surface area contributed by atoms with Crippen molar-refractivity contribution in [2.24, 2.45) is 0 Å². The summed E-state index contributed by atoms with van der Waals surface area (Å²) in [5, 5.41) is 5.64. The van der Waals surface area contributed by atoms with Gasteiger partial charge in [0.25, 0.3) is 5.91 Å². The minimum absolute atomic E-state index is 0.183. The molecule has 174 valence electrons. The summed E-state index contributed by atoms with van der Waals surface area (Å²) in [5.41, 5.74) is 3.18. The lowest BCUT2D eigenvalue weighted by Gasteiger charge is -2.36. The van der Waals surface area contributed by atoms with Gasteiger partial charge < -0.3 is 15.4 Å². The zero-order valence-corrected chi connectivity index (χ0v) is 19.2. The van der Waals surface area contributed by atoms with Crippen molar-refractivity contribution in [1.29, 1.82) is 0 Å². The normalized spacial score (nSPS) is 14.7. The number of amides is 3. The van der Waals surface area contributed by atoms with E-state index in [4.69, 9.17) is 4.74 Å². The molecule has 3 aromatic rings. The Balaban J connectivity index is 1.60. The Morgan fingerprint density at radius 2 is 1.71 bits per heavy atom. The molecule has 1 heterocycles. The van der Waals surface area contributed by atoms with E-state index < -0.39 is 11.9 Å². The van der Waals surface area contributed by atoms with Gasteiger partial charge >= 0.3 is 0 Å². The minimum atomic E-state index is -0.996. The molecule has 34 heavy (non-hydrogen) atoms.